The van der Waals surface area contributed by atoms with Gasteiger partial charge in [0.15, 0.2) is 5.71 Å². The molecule has 2 heteroatoms. The Balaban J connectivity index is 1.29. The Bertz CT molecular complexity index is 2330. The predicted octanol–water partition coefficient (Wildman–Crippen LogP) is 11.7. The quantitative estimate of drug-likeness (QED) is 0.139. The highest BCUT2D eigenvalue weighted by Gasteiger charge is 2.49. The van der Waals surface area contributed by atoms with Crippen molar-refractivity contribution in [3.8, 4) is 0 Å². The molecule has 6 aromatic rings. The summed E-state index contributed by atoms with van der Waals surface area (Å²) in [4.78, 5) is 2.44. The maximum Gasteiger partial charge on any atom is 0.210 e. The Morgan fingerprint density at radius 1 is 0.667 bits per heavy atom. The molecule has 0 amide bonds. The third-order valence-electron chi connectivity index (χ3n) is 11.6. The van der Waals surface area contributed by atoms with Crippen molar-refractivity contribution in [1.29, 1.82) is 0 Å². The van der Waals surface area contributed by atoms with E-state index in [0.29, 0.717) is 5.92 Å². The highest BCUT2D eigenvalue weighted by Crippen LogP contribution is 2.51. The van der Waals surface area contributed by atoms with Crippen LogP contribution in [-0.2, 0) is 23.7 Å². The lowest BCUT2D eigenvalue weighted by Gasteiger charge is -2.29. The van der Waals surface area contributed by atoms with Crippen LogP contribution in [-0.4, -0.2) is 23.9 Å². The summed E-state index contributed by atoms with van der Waals surface area (Å²) in [6, 6.07) is 49.3. The number of nitrogens with zero attached hydrogens (tertiary/aromatic N) is 2. The fourth-order valence-corrected chi connectivity index (χ4v) is 9.01. The van der Waals surface area contributed by atoms with E-state index in [1.807, 2.05) is 0 Å². The largest absolute Gasteiger partial charge is 0.347 e. The van der Waals surface area contributed by atoms with E-state index < -0.39 is 0 Å². The minimum absolute atomic E-state index is 0.190. The molecule has 0 saturated heterocycles. The standard InChI is InChI=1S/C49H49N2/c1-35(2)29-30-51-43-28-27-38-21-14-15-24-41(38)47(43)49(4,34-37-19-10-7-11-20-37)46(51)26-16-25-45-48(3,33-36-17-8-6-9-18-36)42-31-39-22-12-13-23-40(39)32-44(42)50(45)5/h6-28,31-32,35H,29-30,33-34H2,1-5H3/q+1. The molecule has 2 atom stereocenters. The van der Waals surface area contributed by atoms with Crippen LogP contribution in [0.4, 0.5) is 11.4 Å². The number of rotatable bonds is 9. The van der Waals surface area contributed by atoms with Gasteiger partial charge in [0.25, 0.3) is 0 Å². The summed E-state index contributed by atoms with van der Waals surface area (Å²) in [5.74, 6) is 0.613. The van der Waals surface area contributed by atoms with Crippen molar-refractivity contribution in [1.82, 2.24) is 0 Å². The molecule has 0 bridgehead atoms. The molecule has 0 N–H and O–H groups in total. The van der Waals surface area contributed by atoms with E-state index in [4.69, 9.17) is 0 Å². The molecule has 0 radical (unpaired) electrons. The van der Waals surface area contributed by atoms with Gasteiger partial charge in [0.05, 0.1) is 5.41 Å². The van der Waals surface area contributed by atoms with Crippen molar-refractivity contribution >= 4 is 38.6 Å². The molecule has 0 saturated carbocycles. The average molecular weight is 666 g/mol. The molecule has 2 nitrogen and oxygen atoms in total. The van der Waals surface area contributed by atoms with Crippen LogP contribution in [0.1, 0.15) is 56.4 Å². The summed E-state index contributed by atoms with van der Waals surface area (Å²) in [7, 11) is 2.25. The van der Waals surface area contributed by atoms with Crippen molar-refractivity contribution in [2.45, 2.75) is 57.8 Å². The number of likely N-dealkylation sites (N-methyl/N-ethyl adjacent to an activating group) is 1. The molecule has 6 aromatic carbocycles. The van der Waals surface area contributed by atoms with Gasteiger partial charge in [0.1, 0.15) is 6.54 Å². The van der Waals surface area contributed by atoms with Crippen LogP contribution in [0, 0.1) is 5.92 Å². The van der Waals surface area contributed by atoms with Crippen LogP contribution in [0.3, 0.4) is 0 Å². The van der Waals surface area contributed by atoms with Gasteiger partial charge in [-0.2, -0.15) is 4.58 Å². The fraction of sp³-hybridized carbons (Fsp3) is 0.245. The van der Waals surface area contributed by atoms with Crippen molar-refractivity contribution in [2.75, 3.05) is 18.5 Å². The highest BCUT2D eigenvalue weighted by molar-refractivity contribution is 6.08. The number of benzene rings is 6. The molecule has 254 valence electrons. The van der Waals surface area contributed by atoms with E-state index >= 15 is 0 Å². The van der Waals surface area contributed by atoms with Crippen molar-refractivity contribution < 1.29 is 4.58 Å². The van der Waals surface area contributed by atoms with Crippen LogP contribution in [0.15, 0.2) is 157 Å². The summed E-state index contributed by atoms with van der Waals surface area (Å²) in [5, 5.41) is 5.25. The molecule has 51 heavy (non-hydrogen) atoms. The Morgan fingerprint density at radius 3 is 1.92 bits per heavy atom. The lowest BCUT2D eigenvalue weighted by atomic mass is 9.73. The minimum atomic E-state index is -0.209. The Labute approximate surface area is 304 Å². The smallest absolute Gasteiger partial charge is 0.210 e. The van der Waals surface area contributed by atoms with E-state index in [2.05, 4.69) is 196 Å². The second kappa shape index (κ2) is 13.2. The molecule has 0 aromatic heterocycles. The first kappa shape index (κ1) is 33.0. The van der Waals surface area contributed by atoms with Crippen LogP contribution in [0.2, 0.25) is 0 Å². The maximum atomic E-state index is 2.64. The number of hydrogen-bond acceptors (Lipinski definition) is 1. The van der Waals surface area contributed by atoms with Crippen molar-refractivity contribution in [3.05, 3.63) is 180 Å². The Kier molecular flexibility index (Phi) is 8.51. The second-order valence-corrected chi connectivity index (χ2v) is 15.6. The normalized spacial score (nSPS) is 20.7. The first-order valence-electron chi connectivity index (χ1n) is 18.7. The molecule has 2 aliphatic rings. The van der Waals surface area contributed by atoms with E-state index in [0.717, 1.165) is 25.8 Å². The van der Waals surface area contributed by atoms with Crippen LogP contribution in [0.25, 0.3) is 21.5 Å². The van der Waals surface area contributed by atoms with E-state index in [1.54, 1.807) is 0 Å². The zero-order valence-electron chi connectivity index (χ0n) is 30.7. The Morgan fingerprint density at radius 2 is 1.25 bits per heavy atom. The topological polar surface area (TPSA) is 6.25 Å². The third-order valence-corrected chi connectivity index (χ3v) is 11.6. The molecule has 8 rings (SSSR count). The van der Waals surface area contributed by atoms with E-state index in [9.17, 15) is 0 Å². The fourth-order valence-electron chi connectivity index (χ4n) is 9.01. The summed E-state index contributed by atoms with van der Waals surface area (Å²) >= 11 is 0. The third kappa shape index (κ3) is 5.81. The lowest BCUT2D eigenvalue weighted by molar-refractivity contribution is -0.439. The summed E-state index contributed by atoms with van der Waals surface area (Å²) < 4.78 is 2.64. The van der Waals surface area contributed by atoms with Crippen molar-refractivity contribution in [3.63, 3.8) is 0 Å². The van der Waals surface area contributed by atoms with Gasteiger partial charge in [-0.3, -0.25) is 0 Å². The van der Waals surface area contributed by atoms with Crippen LogP contribution in [0.5, 0.6) is 0 Å². The van der Waals surface area contributed by atoms with Gasteiger partial charge in [0.2, 0.25) is 5.69 Å². The number of anilines is 1. The van der Waals surface area contributed by atoms with Gasteiger partial charge in [-0.25, -0.2) is 0 Å². The molecule has 0 aliphatic carbocycles. The van der Waals surface area contributed by atoms with Gasteiger partial charge < -0.3 is 4.90 Å². The summed E-state index contributed by atoms with van der Waals surface area (Å²) in [6.07, 6.45) is 10.2. The molecule has 2 unspecified atom stereocenters. The first-order chi connectivity index (χ1) is 24.8. The summed E-state index contributed by atoms with van der Waals surface area (Å²) in [5.41, 5.74) is 10.5. The van der Waals surface area contributed by atoms with Crippen LogP contribution >= 0.6 is 0 Å². The first-order valence-corrected chi connectivity index (χ1v) is 18.7. The molecule has 2 heterocycles. The minimum Gasteiger partial charge on any atom is -0.347 e. The lowest BCUT2D eigenvalue weighted by Crippen LogP contribution is -2.34. The van der Waals surface area contributed by atoms with Crippen LogP contribution < -0.4 is 4.90 Å². The monoisotopic (exact) mass is 665 g/mol. The van der Waals surface area contributed by atoms with Crippen molar-refractivity contribution in [2.24, 2.45) is 5.92 Å². The maximum absolute atomic E-state index is 2.64. The molecule has 2 aliphatic heterocycles. The molecule has 0 spiro atoms. The Hall–Kier alpha value is -5.21. The SMILES string of the molecule is CC(C)CC[N+]1=C(C=CC=C2N(C)c3cc4ccccc4cc3C2(C)Cc2ccccc2)C(C)(Cc2ccccc2)c2c1ccc1ccccc21. The van der Waals surface area contributed by atoms with E-state index in [1.165, 1.54) is 66.6 Å². The molecule has 0 fully saturated rings. The van der Waals surface area contributed by atoms with Gasteiger partial charge in [0, 0.05) is 48.0 Å². The molecular formula is C49H49N2+. The van der Waals surface area contributed by atoms with Gasteiger partial charge in [-0.15, -0.1) is 0 Å². The summed E-state index contributed by atoms with van der Waals surface area (Å²) in [6.45, 7) is 10.6. The predicted molar refractivity (Wildman–Crippen MR) is 218 cm³/mol. The zero-order valence-corrected chi connectivity index (χ0v) is 30.7. The van der Waals surface area contributed by atoms with Gasteiger partial charge >= 0.3 is 0 Å². The average Bonchev–Trinajstić information content (AvgIpc) is 3.49. The number of allylic oxidation sites excluding steroid dienone is 4. The van der Waals surface area contributed by atoms with Gasteiger partial charge in [-0.05, 0) is 95.1 Å². The second-order valence-electron chi connectivity index (χ2n) is 15.6. The van der Waals surface area contributed by atoms with Gasteiger partial charge in [-0.1, -0.05) is 129 Å². The highest BCUT2D eigenvalue weighted by atomic mass is 15.2. The zero-order chi connectivity index (χ0) is 35.2. The number of fused-ring (bicyclic) bond motifs is 5. The van der Waals surface area contributed by atoms with E-state index in [-0.39, 0.29) is 10.8 Å². The number of hydrogen-bond donors (Lipinski definition) is 0. The molecular weight excluding hydrogens is 617 g/mol.